The molecule has 0 unspecified atom stereocenters. The first-order chi connectivity index (χ1) is 9.31. The van der Waals surface area contributed by atoms with Crippen molar-refractivity contribution in [1.29, 1.82) is 0 Å². The van der Waals surface area contributed by atoms with Crippen LogP contribution in [0.5, 0.6) is 0 Å². The quantitative estimate of drug-likeness (QED) is 0.793. The first-order valence-electron chi connectivity index (χ1n) is 6.83. The van der Waals surface area contributed by atoms with E-state index in [1.54, 1.807) is 6.26 Å². The van der Waals surface area contributed by atoms with Gasteiger partial charge in [-0.3, -0.25) is 4.68 Å². The molecule has 19 heavy (non-hydrogen) atoms. The Kier molecular flexibility index (Phi) is 5.03. The summed E-state index contributed by atoms with van der Waals surface area (Å²) in [5.41, 5.74) is 1.02. The molecular weight excluding hydrogens is 240 g/mol. The molecule has 2 heterocycles. The predicted molar refractivity (Wildman–Crippen MR) is 76.0 cm³/mol. The topological polar surface area (TPSA) is 46.2 Å². The largest absolute Gasteiger partial charge is 0.467 e. The van der Waals surface area contributed by atoms with Crippen LogP contribution in [0.3, 0.4) is 0 Å². The normalized spacial score (nSPS) is 11.1. The van der Waals surface area contributed by atoms with Crippen LogP contribution in [-0.2, 0) is 13.1 Å². The monoisotopic (exact) mass is 262 g/mol. The SMILES string of the molecule is CCN(CC)CCn1cc(NCc2ccco2)cn1. The number of hydrogen-bond donors (Lipinski definition) is 1. The van der Waals surface area contributed by atoms with E-state index in [2.05, 4.69) is 29.2 Å². The third kappa shape index (κ3) is 4.13. The third-order valence-electron chi connectivity index (χ3n) is 3.22. The zero-order valence-corrected chi connectivity index (χ0v) is 11.7. The van der Waals surface area contributed by atoms with Crippen LogP contribution < -0.4 is 5.32 Å². The summed E-state index contributed by atoms with van der Waals surface area (Å²) < 4.78 is 7.25. The maximum absolute atomic E-state index is 5.27. The molecule has 2 aromatic rings. The van der Waals surface area contributed by atoms with Crippen LogP contribution in [0.2, 0.25) is 0 Å². The number of aromatic nitrogens is 2. The van der Waals surface area contributed by atoms with Crippen molar-refractivity contribution >= 4 is 5.69 Å². The van der Waals surface area contributed by atoms with Crippen LogP contribution in [0.15, 0.2) is 35.2 Å². The molecule has 1 N–H and O–H groups in total. The van der Waals surface area contributed by atoms with Gasteiger partial charge in [-0.25, -0.2) is 0 Å². The van der Waals surface area contributed by atoms with Gasteiger partial charge in [0, 0.05) is 12.7 Å². The van der Waals surface area contributed by atoms with Crippen molar-refractivity contribution in [3.63, 3.8) is 0 Å². The maximum Gasteiger partial charge on any atom is 0.122 e. The second kappa shape index (κ2) is 6.99. The second-order valence-corrected chi connectivity index (χ2v) is 4.45. The lowest BCUT2D eigenvalue weighted by Crippen LogP contribution is -2.27. The first-order valence-corrected chi connectivity index (χ1v) is 6.83. The van der Waals surface area contributed by atoms with Crippen molar-refractivity contribution in [2.45, 2.75) is 26.9 Å². The van der Waals surface area contributed by atoms with E-state index in [4.69, 9.17) is 4.42 Å². The molecular formula is C14H22N4O. The molecule has 2 aromatic heterocycles. The van der Waals surface area contributed by atoms with Crippen LogP contribution in [0.1, 0.15) is 19.6 Å². The van der Waals surface area contributed by atoms with Crippen molar-refractivity contribution in [3.8, 4) is 0 Å². The third-order valence-corrected chi connectivity index (χ3v) is 3.22. The number of likely N-dealkylation sites (N-methyl/N-ethyl adjacent to an activating group) is 1. The van der Waals surface area contributed by atoms with Gasteiger partial charge >= 0.3 is 0 Å². The maximum atomic E-state index is 5.27. The van der Waals surface area contributed by atoms with Crippen LogP contribution >= 0.6 is 0 Å². The van der Waals surface area contributed by atoms with Crippen molar-refractivity contribution < 1.29 is 4.42 Å². The van der Waals surface area contributed by atoms with E-state index in [1.807, 2.05) is 29.2 Å². The average molecular weight is 262 g/mol. The highest BCUT2D eigenvalue weighted by Gasteiger charge is 2.02. The van der Waals surface area contributed by atoms with Gasteiger partial charge in [-0.05, 0) is 25.2 Å². The summed E-state index contributed by atoms with van der Waals surface area (Å²) >= 11 is 0. The summed E-state index contributed by atoms with van der Waals surface area (Å²) in [6.07, 6.45) is 5.57. The molecule has 0 saturated carbocycles. The molecule has 0 bridgehead atoms. The minimum absolute atomic E-state index is 0.689. The number of nitrogens with one attached hydrogen (secondary N) is 1. The molecule has 0 aliphatic rings. The van der Waals surface area contributed by atoms with Crippen LogP contribution in [0, 0.1) is 0 Å². The summed E-state index contributed by atoms with van der Waals surface area (Å²) in [5, 5.41) is 7.65. The molecule has 0 saturated heterocycles. The van der Waals surface area contributed by atoms with Crippen molar-refractivity contribution in [3.05, 3.63) is 36.5 Å². The predicted octanol–water partition coefficient (Wildman–Crippen LogP) is 2.43. The summed E-state index contributed by atoms with van der Waals surface area (Å²) in [7, 11) is 0. The lowest BCUT2D eigenvalue weighted by molar-refractivity contribution is 0.285. The summed E-state index contributed by atoms with van der Waals surface area (Å²) in [6, 6.07) is 3.85. The fourth-order valence-corrected chi connectivity index (χ4v) is 1.96. The lowest BCUT2D eigenvalue weighted by Gasteiger charge is -2.17. The van der Waals surface area contributed by atoms with E-state index in [9.17, 15) is 0 Å². The Morgan fingerprint density at radius 2 is 2.21 bits per heavy atom. The van der Waals surface area contributed by atoms with E-state index in [-0.39, 0.29) is 0 Å². The van der Waals surface area contributed by atoms with Gasteiger partial charge in [-0.2, -0.15) is 5.10 Å². The smallest absolute Gasteiger partial charge is 0.122 e. The molecule has 2 rings (SSSR count). The molecule has 0 atom stereocenters. The van der Waals surface area contributed by atoms with Gasteiger partial charge in [-0.1, -0.05) is 13.8 Å². The van der Waals surface area contributed by atoms with Crippen molar-refractivity contribution in [1.82, 2.24) is 14.7 Å². The van der Waals surface area contributed by atoms with Crippen LogP contribution in [-0.4, -0.2) is 34.3 Å². The van der Waals surface area contributed by atoms with E-state index in [0.29, 0.717) is 6.54 Å². The highest BCUT2D eigenvalue weighted by Crippen LogP contribution is 2.08. The fraction of sp³-hybridized carbons (Fsp3) is 0.500. The highest BCUT2D eigenvalue weighted by molar-refractivity contribution is 5.38. The Balaban J connectivity index is 1.78. The Morgan fingerprint density at radius 3 is 2.89 bits per heavy atom. The molecule has 5 nitrogen and oxygen atoms in total. The number of furan rings is 1. The highest BCUT2D eigenvalue weighted by atomic mass is 16.3. The van der Waals surface area contributed by atoms with Gasteiger partial charge in [0.05, 0.1) is 31.2 Å². The molecule has 5 heteroatoms. The molecule has 0 aromatic carbocycles. The number of rotatable bonds is 8. The number of hydrogen-bond acceptors (Lipinski definition) is 4. The fourth-order valence-electron chi connectivity index (χ4n) is 1.96. The molecule has 104 valence electrons. The zero-order chi connectivity index (χ0) is 13.5. The number of nitrogens with zero attached hydrogens (tertiary/aromatic N) is 3. The van der Waals surface area contributed by atoms with Crippen LogP contribution in [0.25, 0.3) is 0 Å². The van der Waals surface area contributed by atoms with E-state index < -0.39 is 0 Å². The molecule has 0 fully saturated rings. The molecule has 0 aliphatic carbocycles. The Bertz CT molecular complexity index is 460. The summed E-state index contributed by atoms with van der Waals surface area (Å²) in [4.78, 5) is 2.39. The van der Waals surface area contributed by atoms with Crippen LogP contribution in [0.4, 0.5) is 5.69 Å². The van der Waals surface area contributed by atoms with E-state index in [0.717, 1.165) is 37.6 Å². The van der Waals surface area contributed by atoms with E-state index >= 15 is 0 Å². The van der Waals surface area contributed by atoms with Crippen molar-refractivity contribution in [2.24, 2.45) is 0 Å². The van der Waals surface area contributed by atoms with E-state index in [1.165, 1.54) is 0 Å². The Morgan fingerprint density at radius 1 is 1.37 bits per heavy atom. The zero-order valence-electron chi connectivity index (χ0n) is 11.7. The Labute approximate surface area is 114 Å². The van der Waals surface area contributed by atoms with Gasteiger partial charge in [0.2, 0.25) is 0 Å². The standard InChI is InChI=1S/C14H22N4O/c1-3-17(4-2)7-8-18-12-13(10-16-18)15-11-14-6-5-9-19-14/h5-6,9-10,12,15H,3-4,7-8,11H2,1-2H3. The van der Waals surface area contributed by atoms with Gasteiger partial charge in [0.15, 0.2) is 0 Å². The molecule has 0 amide bonds. The molecule has 0 radical (unpaired) electrons. The van der Waals surface area contributed by atoms with Gasteiger partial charge in [0.25, 0.3) is 0 Å². The lowest BCUT2D eigenvalue weighted by atomic mass is 10.4. The summed E-state index contributed by atoms with van der Waals surface area (Å²) in [5.74, 6) is 0.927. The molecule has 0 spiro atoms. The Hall–Kier alpha value is -1.75. The van der Waals surface area contributed by atoms with Gasteiger partial charge in [-0.15, -0.1) is 0 Å². The average Bonchev–Trinajstić information content (AvgIpc) is 3.09. The first kappa shape index (κ1) is 13.7. The second-order valence-electron chi connectivity index (χ2n) is 4.45. The van der Waals surface area contributed by atoms with Gasteiger partial charge in [0.1, 0.15) is 5.76 Å². The summed E-state index contributed by atoms with van der Waals surface area (Å²) in [6.45, 7) is 9.18. The molecule has 0 aliphatic heterocycles. The van der Waals surface area contributed by atoms with Gasteiger partial charge < -0.3 is 14.6 Å². The number of anilines is 1. The minimum atomic E-state index is 0.689. The minimum Gasteiger partial charge on any atom is -0.467 e. The van der Waals surface area contributed by atoms with Crippen molar-refractivity contribution in [2.75, 3.05) is 25.0 Å².